The SMILES string of the molecule is CC(C)[Si](C(C)C)(C(C)C)n1cc(CCN(C)C)c2c(OC(=O)OCC3CC3)cccc21. The predicted molar refractivity (Wildman–Crippen MR) is 135 cm³/mol. The summed E-state index contributed by atoms with van der Waals surface area (Å²) in [7, 11) is 2.24. The van der Waals surface area contributed by atoms with E-state index in [-0.39, 0.29) is 0 Å². The Balaban J connectivity index is 2.12. The lowest BCUT2D eigenvalue weighted by Gasteiger charge is -2.44. The minimum absolute atomic E-state index is 0.466. The predicted octanol–water partition coefficient (Wildman–Crippen LogP) is 6.69. The van der Waals surface area contributed by atoms with Crippen LogP contribution in [0, 0.1) is 5.92 Å². The normalized spacial score (nSPS) is 14.9. The molecule has 32 heavy (non-hydrogen) atoms. The fourth-order valence-corrected chi connectivity index (χ4v) is 12.3. The summed E-state index contributed by atoms with van der Waals surface area (Å²) in [5.41, 5.74) is 4.17. The Labute approximate surface area is 195 Å². The summed E-state index contributed by atoms with van der Waals surface area (Å²) in [6, 6.07) is 6.12. The van der Waals surface area contributed by atoms with Crippen LogP contribution in [-0.4, -0.2) is 50.8 Å². The minimum atomic E-state index is -1.96. The summed E-state index contributed by atoms with van der Waals surface area (Å²) in [4.78, 5) is 14.6. The average Bonchev–Trinajstić information content (AvgIpc) is 3.46. The number of hydrogen-bond donors (Lipinski definition) is 0. The molecular formula is C26H42N2O3Si. The molecular weight excluding hydrogens is 416 g/mol. The smallest absolute Gasteiger partial charge is 0.434 e. The van der Waals surface area contributed by atoms with Crippen LogP contribution in [0.3, 0.4) is 0 Å². The third-order valence-electron chi connectivity index (χ3n) is 7.22. The van der Waals surface area contributed by atoms with Gasteiger partial charge in [-0.1, -0.05) is 47.6 Å². The third-order valence-corrected chi connectivity index (χ3v) is 14.0. The van der Waals surface area contributed by atoms with Crippen molar-refractivity contribution in [3.63, 3.8) is 0 Å². The Bertz CT molecular complexity index is 907. The molecule has 1 fully saturated rings. The van der Waals surface area contributed by atoms with E-state index in [2.05, 4.69) is 77.0 Å². The number of nitrogens with zero attached hydrogens (tertiary/aromatic N) is 2. The molecule has 0 N–H and O–H groups in total. The number of carbonyl (C=O) groups excluding carboxylic acids is 1. The molecule has 0 bridgehead atoms. The van der Waals surface area contributed by atoms with Gasteiger partial charge in [0.15, 0.2) is 8.24 Å². The summed E-state index contributed by atoms with van der Waals surface area (Å²) in [6.07, 6.45) is 4.99. The van der Waals surface area contributed by atoms with E-state index in [1.165, 1.54) is 11.1 Å². The molecule has 1 heterocycles. The minimum Gasteiger partial charge on any atom is -0.434 e. The van der Waals surface area contributed by atoms with Gasteiger partial charge in [0.05, 0.1) is 6.61 Å². The summed E-state index contributed by atoms with van der Waals surface area (Å²) < 4.78 is 13.8. The zero-order valence-electron chi connectivity index (χ0n) is 21.3. The standard InChI is InChI=1S/C26H42N2O3Si/c1-18(2)32(19(3)4,20(5)6)28-16-22(14-15-27(7)8)25-23(28)10-9-11-24(25)31-26(29)30-17-21-12-13-21/h9-11,16,18-21H,12-15,17H2,1-8H3. The van der Waals surface area contributed by atoms with Crippen molar-refractivity contribution in [1.29, 1.82) is 0 Å². The van der Waals surface area contributed by atoms with Crippen LogP contribution in [0.4, 0.5) is 4.79 Å². The topological polar surface area (TPSA) is 43.7 Å². The second kappa shape index (κ2) is 10.00. The van der Waals surface area contributed by atoms with Crippen molar-refractivity contribution in [3.05, 3.63) is 30.0 Å². The van der Waals surface area contributed by atoms with Crippen LogP contribution in [0.15, 0.2) is 24.4 Å². The number of benzene rings is 1. The van der Waals surface area contributed by atoms with E-state index in [1.807, 2.05) is 12.1 Å². The Morgan fingerprint density at radius 3 is 2.25 bits per heavy atom. The second-order valence-electron chi connectivity index (χ2n) is 10.7. The van der Waals surface area contributed by atoms with E-state index in [0.29, 0.717) is 34.9 Å². The van der Waals surface area contributed by atoms with Gasteiger partial charge in [-0.2, -0.15) is 0 Å². The van der Waals surface area contributed by atoms with Crippen LogP contribution >= 0.6 is 0 Å². The highest BCUT2D eigenvalue weighted by molar-refractivity contribution is 6.82. The van der Waals surface area contributed by atoms with E-state index in [1.54, 1.807) is 0 Å². The molecule has 1 aromatic carbocycles. The van der Waals surface area contributed by atoms with Crippen LogP contribution in [0.2, 0.25) is 16.6 Å². The zero-order valence-corrected chi connectivity index (χ0v) is 22.3. The molecule has 0 radical (unpaired) electrons. The van der Waals surface area contributed by atoms with E-state index < -0.39 is 14.4 Å². The Morgan fingerprint density at radius 2 is 1.72 bits per heavy atom. The van der Waals surface area contributed by atoms with Gasteiger partial charge in [0, 0.05) is 17.4 Å². The fourth-order valence-electron chi connectivity index (χ4n) is 5.70. The van der Waals surface area contributed by atoms with Gasteiger partial charge in [-0.3, -0.25) is 0 Å². The molecule has 178 valence electrons. The number of rotatable bonds is 10. The third kappa shape index (κ3) is 4.91. The van der Waals surface area contributed by atoms with Crippen molar-refractivity contribution in [2.45, 2.75) is 77.4 Å². The van der Waals surface area contributed by atoms with Crippen LogP contribution in [0.25, 0.3) is 10.9 Å². The summed E-state index contributed by atoms with van der Waals surface area (Å²) >= 11 is 0. The molecule has 6 heteroatoms. The maximum absolute atomic E-state index is 12.4. The lowest BCUT2D eigenvalue weighted by Crippen LogP contribution is -2.51. The highest BCUT2D eigenvalue weighted by Crippen LogP contribution is 2.46. The molecule has 1 saturated carbocycles. The van der Waals surface area contributed by atoms with Crippen molar-refractivity contribution in [2.24, 2.45) is 5.92 Å². The van der Waals surface area contributed by atoms with Crippen LogP contribution in [-0.2, 0) is 11.2 Å². The van der Waals surface area contributed by atoms with Crippen molar-refractivity contribution in [2.75, 3.05) is 27.2 Å². The Kier molecular flexibility index (Phi) is 7.76. The van der Waals surface area contributed by atoms with Gasteiger partial charge in [0.25, 0.3) is 0 Å². The Hall–Kier alpha value is -1.79. The average molecular weight is 459 g/mol. The molecule has 0 spiro atoms. The van der Waals surface area contributed by atoms with E-state index in [0.717, 1.165) is 31.2 Å². The number of aromatic nitrogens is 1. The lowest BCUT2D eigenvalue weighted by atomic mass is 10.1. The molecule has 2 aromatic rings. The first-order valence-electron chi connectivity index (χ1n) is 12.2. The number of ether oxygens (including phenoxy) is 2. The molecule has 0 unspecified atom stereocenters. The summed E-state index contributed by atoms with van der Waals surface area (Å²) in [6.45, 7) is 15.7. The van der Waals surface area contributed by atoms with E-state index in [9.17, 15) is 4.79 Å². The maximum atomic E-state index is 12.4. The van der Waals surface area contributed by atoms with Gasteiger partial charge < -0.3 is 18.6 Å². The van der Waals surface area contributed by atoms with Gasteiger partial charge in [0.1, 0.15) is 5.75 Å². The van der Waals surface area contributed by atoms with Crippen molar-refractivity contribution >= 4 is 25.3 Å². The maximum Gasteiger partial charge on any atom is 0.513 e. The number of fused-ring (bicyclic) bond motifs is 1. The van der Waals surface area contributed by atoms with Gasteiger partial charge in [0.2, 0.25) is 0 Å². The summed E-state index contributed by atoms with van der Waals surface area (Å²) in [5, 5.41) is 1.07. The van der Waals surface area contributed by atoms with Crippen molar-refractivity contribution < 1.29 is 14.3 Å². The number of likely N-dealkylation sites (N-methyl/N-ethyl adjacent to an activating group) is 1. The van der Waals surface area contributed by atoms with Crippen LogP contribution in [0.1, 0.15) is 59.9 Å². The molecule has 0 atom stereocenters. The molecule has 3 rings (SSSR count). The van der Waals surface area contributed by atoms with Crippen LogP contribution in [0.5, 0.6) is 5.75 Å². The van der Waals surface area contributed by atoms with E-state index >= 15 is 0 Å². The lowest BCUT2D eigenvalue weighted by molar-refractivity contribution is 0.0953. The van der Waals surface area contributed by atoms with E-state index in [4.69, 9.17) is 9.47 Å². The molecule has 1 aliphatic carbocycles. The number of carbonyl (C=O) groups is 1. The first-order chi connectivity index (χ1) is 15.1. The molecule has 1 aromatic heterocycles. The highest BCUT2D eigenvalue weighted by Gasteiger charge is 2.46. The van der Waals surface area contributed by atoms with Gasteiger partial charge in [-0.05, 0) is 79.8 Å². The highest BCUT2D eigenvalue weighted by atomic mass is 28.3. The van der Waals surface area contributed by atoms with Crippen molar-refractivity contribution in [1.82, 2.24) is 9.13 Å². The first-order valence-corrected chi connectivity index (χ1v) is 14.4. The van der Waals surface area contributed by atoms with Gasteiger partial charge in [-0.25, -0.2) is 4.79 Å². The summed E-state index contributed by atoms with van der Waals surface area (Å²) in [5.74, 6) is 1.14. The first kappa shape index (κ1) is 24.8. The molecule has 5 nitrogen and oxygen atoms in total. The Morgan fingerprint density at radius 1 is 1.09 bits per heavy atom. The molecule has 1 aliphatic rings. The number of hydrogen-bond acceptors (Lipinski definition) is 4. The quantitative estimate of drug-likeness (QED) is 0.226. The van der Waals surface area contributed by atoms with Gasteiger partial charge in [-0.15, -0.1) is 0 Å². The van der Waals surface area contributed by atoms with Crippen molar-refractivity contribution in [3.8, 4) is 5.75 Å². The molecule has 0 aliphatic heterocycles. The second-order valence-corrected chi connectivity index (χ2v) is 16.4. The fraction of sp³-hybridized carbons (Fsp3) is 0.654. The molecule has 0 saturated heterocycles. The van der Waals surface area contributed by atoms with Gasteiger partial charge >= 0.3 is 6.16 Å². The zero-order chi connectivity index (χ0) is 23.6. The molecule has 0 amide bonds. The largest absolute Gasteiger partial charge is 0.513 e. The van der Waals surface area contributed by atoms with Crippen LogP contribution < -0.4 is 4.74 Å². The monoisotopic (exact) mass is 458 g/mol.